The second kappa shape index (κ2) is 8.96. The Bertz CT molecular complexity index is 960. The van der Waals surface area contributed by atoms with Crippen molar-refractivity contribution in [1.29, 1.82) is 0 Å². The molecule has 0 unspecified atom stereocenters. The van der Waals surface area contributed by atoms with Gasteiger partial charge >= 0.3 is 0 Å². The van der Waals surface area contributed by atoms with E-state index in [0.717, 1.165) is 49.6 Å². The summed E-state index contributed by atoms with van der Waals surface area (Å²) < 4.78 is 19.1. The highest BCUT2D eigenvalue weighted by atomic mass is 32.1. The Kier molecular flexibility index (Phi) is 5.93. The van der Waals surface area contributed by atoms with Crippen molar-refractivity contribution in [2.75, 3.05) is 26.2 Å². The lowest BCUT2D eigenvalue weighted by Crippen LogP contribution is -2.30. The highest BCUT2D eigenvalue weighted by Gasteiger charge is 2.20. The molecule has 0 spiro atoms. The molecule has 0 bridgehead atoms. The van der Waals surface area contributed by atoms with Crippen LogP contribution in [0.4, 0.5) is 4.39 Å². The maximum absolute atomic E-state index is 13.1. The van der Waals surface area contributed by atoms with Gasteiger partial charge in [0.25, 0.3) is 5.89 Å². The average Bonchev–Trinajstić information content (AvgIpc) is 3.34. The molecule has 3 aromatic rings. The second-order valence-electron chi connectivity index (χ2n) is 8.30. The van der Waals surface area contributed by atoms with Crippen LogP contribution >= 0.6 is 11.3 Å². The number of nitrogens with zero attached hydrogens (tertiary/aromatic N) is 4. The minimum Gasteiger partial charge on any atom is -0.419 e. The number of aryl methyl sites for hydroxylation is 2. The predicted molar refractivity (Wildman–Crippen MR) is 116 cm³/mol. The third-order valence-electron chi connectivity index (χ3n) is 6.03. The quantitative estimate of drug-likeness (QED) is 0.600. The van der Waals surface area contributed by atoms with Crippen LogP contribution in [-0.2, 0) is 25.9 Å². The molecule has 7 heteroatoms. The summed E-state index contributed by atoms with van der Waals surface area (Å²) in [5.41, 5.74) is 2.62. The first kappa shape index (κ1) is 19.8. The van der Waals surface area contributed by atoms with E-state index in [4.69, 9.17) is 4.42 Å². The molecule has 5 rings (SSSR count). The van der Waals surface area contributed by atoms with Gasteiger partial charge in [0.15, 0.2) is 0 Å². The van der Waals surface area contributed by atoms with Crippen molar-refractivity contribution >= 4 is 11.3 Å². The van der Waals surface area contributed by atoms with Crippen molar-refractivity contribution in [3.05, 3.63) is 58.0 Å². The maximum Gasteiger partial charge on any atom is 0.257 e. The summed E-state index contributed by atoms with van der Waals surface area (Å²) in [6.07, 6.45) is 6.03. The fourth-order valence-corrected chi connectivity index (χ4v) is 5.57. The molecule has 3 heterocycles. The summed E-state index contributed by atoms with van der Waals surface area (Å²) in [7, 11) is 0. The number of hydrogen-bond acceptors (Lipinski definition) is 6. The van der Waals surface area contributed by atoms with E-state index >= 15 is 0 Å². The Morgan fingerprint density at radius 3 is 2.47 bits per heavy atom. The van der Waals surface area contributed by atoms with Crippen molar-refractivity contribution in [1.82, 2.24) is 20.0 Å². The van der Waals surface area contributed by atoms with Crippen LogP contribution in [0.25, 0.3) is 10.8 Å². The Morgan fingerprint density at radius 1 is 0.900 bits per heavy atom. The zero-order valence-electron chi connectivity index (χ0n) is 17.1. The molecule has 1 saturated heterocycles. The summed E-state index contributed by atoms with van der Waals surface area (Å²) in [5.74, 6) is 1.18. The van der Waals surface area contributed by atoms with Crippen LogP contribution < -0.4 is 0 Å². The van der Waals surface area contributed by atoms with Gasteiger partial charge in [0.2, 0.25) is 5.89 Å². The van der Waals surface area contributed by atoms with Gasteiger partial charge in [-0.05, 0) is 74.5 Å². The van der Waals surface area contributed by atoms with Crippen molar-refractivity contribution in [2.45, 2.75) is 45.2 Å². The smallest absolute Gasteiger partial charge is 0.257 e. The molecular formula is C23H27FN4OS. The molecular weight excluding hydrogens is 399 g/mol. The largest absolute Gasteiger partial charge is 0.419 e. The number of halogens is 1. The first-order chi connectivity index (χ1) is 14.7. The highest BCUT2D eigenvalue weighted by molar-refractivity contribution is 7.15. The van der Waals surface area contributed by atoms with E-state index in [2.05, 4.69) is 26.1 Å². The lowest BCUT2D eigenvalue weighted by molar-refractivity contribution is 0.232. The molecule has 1 aliphatic heterocycles. The molecule has 30 heavy (non-hydrogen) atoms. The summed E-state index contributed by atoms with van der Waals surface area (Å²) in [6.45, 7) is 5.57. The number of fused-ring (bicyclic) bond motifs is 1. The monoisotopic (exact) mass is 426 g/mol. The third-order valence-corrected chi connectivity index (χ3v) is 7.26. The molecule has 1 aromatic carbocycles. The van der Waals surface area contributed by atoms with E-state index in [1.807, 2.05) is 23.5 Å². The Hall–Kier alpha value is -2.09. The van der Waals surface area contributed by atoms with Gasteiger partial charge in [-0.15, -0.1) is 21.5 Å². The molecule has 0 radical (unpaired) electrons. The van der Waals surface area contributed by atoms with Gasteiger partial charge in [0.05, 0.1) is 11.4 Å². The molecule has 5 nitrogen and oxygen atoms in total. The van der Waals surface area contributed by atoms with Crippen LogP contribution in [-0.4, -0.2) is 46.2 Å². The molecule has 1 aliphatic carbocycles. The molecule has 2 aromatic heterocycles. The Morgan fingerprint density at radius 2 is 1.67 bits per heavy atom. The molecule has 1 fully saturated rings. The Balaban J connectivity index is 1.17. The Labute approximate surface area is 180 Å². The second-order valence-corrected chi connectivity index (χ2v) is 9.44. The first-order valence-corrected chi connectivity index (χ1v) is 11.7. The van der Waals surface area contributed by atoms with E-state index in [-0.39, 0.29) is 5.82 Å². The number of hydrogen-bond donors (Lipinski definition) is 0. The van der Waals surface area contributed by atoms with Crippen molar-refractivity contribution in [2.24, 2.45) is 0 Å². The lowest BCUT2D eigenvalue weighted by atomic mass is 9.99. The topological polar surface area (TPSA) is 45.4 Å². The van der Waals surface area contributed by atoms with Gasteiger partial charge in [-0.2, -0.15) is 0 Å². The standard InChI is InChI=1S/C23H27FN4OS/c24-19-8-6-17(7-9-19)15-27-10-3-11-28(13-12-27)16-22-25-26-23(29-22)21-14-18-4-1-2-5-20(18)30-21/h6-9,14H,1-5,10-13,15-16H2. The number of rotatable bonds is 5. The molecule has 0 atom stereocenters. The van der Waals surface area contributed by atoms with E-state index in [0.29, 0.717) is 18.3 Å². The maximum atomic E-state index is 13.1. The van der Waals surface area contributed by atoms with E-state index in [1.54, 1.807) is 0 Å². The van der Waals surface area contributed by atoms with Crippen molar-refractivity contribution in [3.8, 4) is 10.8 Å². The summed E-state index contributed by atoms with van der Waals surface area (Å²) in [5, 5.41) is 8.64. The highest BCUT2D eigenvalue weighted by Crippen LogP contribution is 2.35. The predicted octanol–water partition coefficient (Wildman–Crippen LogP) is 4.52. The zero-order chi connectivity index (χ0) is 20.3. The van der Waals surface area contributed by atoms with Crippen LogP contribution in [0.3, 0.4) is 0 Å². The molecule has 0 N–H and O–H groups in total. The van der Waals surface area contributed by atoms with Gasteiger partial charge in [-0.25, -0.2) is 4.39 Å². The fraction of sp³-hybridized carbons (Fsp3) is 0.478. The number of thiophene rings is 1. The summed E-state index contributed by atoms with van der Waals surface area (Å²) in [6, 6.07) is 9.07. The van der Waals surface area contributed by atoms with Gasteiger partial charge in [0, 0.05) is 24.5 Å². The van der Waals surface area contributed by atoms with Crippen LogP contribution in [0.15, 0.2) is 34.7 Å². The van der Waals surface area contributed by atoms with Crippen LogP contribution in [0.2, 0.25) is 0 Å². The minimum atomic E-state index is -0.178. The van der Waals surface area contributed by atoms with Gasteiger partial charge in [-0.1, -0.05) is 12.1 Å². The summed E-state index contributed by atoms with van der Waals surface area (Å²) in [4.78, 5) is 7.43. The van der Waals surface area contributed by atoms with Crippen LogP contribution in [0, 0.1) is 5.82 Å². The SMILES string of the molecule is Fc1ccc(CN2CCCN(Cc3nnc(-c4cc5c(s4)CCCC5)o3)CC2)cc1. The molecule has 158 valence electrons. The average molecular weight is 427 g/mol. The van der Waals surface area contributed by atoms with Gasteiger partial charge in [0.1, 0.15) is 5.82 Å². The van der Waals surface area contributed by atoms with Gasteiger partial charge in [-0.3, -0.25) is 9.80 Å². The lowest BCUT2D eigenvalue weighted by Gasteiger charge is -2.21. The number of benzene rings is 1. The summed E-state index contributed by atoms with van der Waals surface area (Å²) >= 11 is 1.81. The molecule has 2 aliphatic rings. The number of aromatic nitrogens is 2. The minimum absolute atomic E-state index is 0.178. The first-order valence-electron chi connectivity index (χ1n) is 10.9. The molecule has 0 saturated carbocycles. The third kappa shape index (κ3) is 4.63. The van der Waals surface area contributed by atoms with Gasteiger partial charge < -0.3 is 4.42 Å². The fourth-order valence-electron chi connectivity index (χ4n) is 4.39. The van der Waals surface area contributed by atoms with E-state index in [1.165, 1.54) is 48.3 Å². The van der Waals surface area contributed by atoms with Crippen molar-refractivity contribution < 1.29 is 8.81 Å². The van der Waals surface area contributed by atoms with E-state index < -0.39 is 0 Å². The van der Waals surface area contributed by atoms with E-state index in [9.17, 15) is 4.39 Å². The zero-order valence-corrected chi connectivity index (χ0v) is 18.0. The normalized spacial score (nSPS) is 18.3. The molecule has 0 amide bonds. The van der Waals surface area contributed by atoms with Crippen molar-refractivity contribution in [3.63, 3.8) is 0 Å². The van der Waals surface area contributed by atoms with Crippen LogP contribution in [0.5, 0.6) is 0 Å². The van der Waals surface area contributed by atoms with Crippen LogP contribution in [0.1, 0.15) is 41.2 Å².